The number of hydrogen-bond acceptors (Lipinski definition) is 2. The van der Waals surface area contributed by atoms with Crippen LogP contribution in [0.5, 0.6) is 0 Å². The Morgan fingerprint density at radius 3 is 2.78 bits per heavy atom. The van der Waals surface area contributed by atoms with Gasteiger partial charge in [0.05, 0.1) is 12.7 Å². The second-order valence-electron chi connectivity index (χ2n) is 6.45. The summed E-state index contributed by atoms with van der Waals surface area (Å²) in [5, 5.41) is 4.23. The van der Waals surface area contributed by atoms with Crippen LogP contribution in [0.2, 0.25) is 0 Å². The largest absolute Gasteiger partial charge is 0.370 e. The summed E-state index contributed by atoms with van der Waals surface area (Å²) in [6, 6.07) is 8.41. The van der Waals surface area contributed by atoms with E-state index in [0.29, 0.717) is 12.5 Å². The Balaban J connectivity index is 1.67. The molecule has 0 bridgehead atoms. The number of aromatic nitrogens is 2. The second kappa shape index (κ2) is 6.86. The van der Waals surface area contributed by atoms with Gasteiger partial charge in [0, 0.05) is 31.9 Å². The van der Waals surface area contributed by atoms with Crippen molar-refractivity contribution in [3.8, 4) is 11.1 Å². The van der Waals surface area contributed by atoms with Crippen molar-refractivity contribution in [2.24, 2.45) is 23.7 Å². The number of nitrogens with zero attached hydrogens (tertiary/aromatic N) is 4. The molecule has 23 heavy (non-hydrogen) atoms. The smallest absolute Gasteiger partial charge is 0.191 e. The third-order valence-electron chi connectivity index (χ3n) is 4.50. The predicted octanol–water partition coefficient (Wildman–Crippen LogP) is 2.63. The Morgan fingerprint density at radius 1 is 1.30 bits per heavy atom. The summed E-state index contributed by atoms with van der Waals surface area (Å²) in [5.74, 6) is 1.47. The van der Waals surface area contributed by atoms with E-state index in [2.05, 4.69) is 46.2 Å². The zero-order valence-corrected chi connectivity index (χ0v) is 13.9. The SMILES string of the molecule is CC1CCN(C(N)=NCc2cccc(-c3cnn(C)c3)c2)CC1. The average Bonchev–Trinajstić information content (AvgIpc) is 3.00. The first-order valence-electron chi connectivity index (χ1n) is 8.24. The van der Waals surface area contributed by atoms with E-state index in [4.69, 9.17) is 5.73 Å². The van der Waals surface area contributed by atoms with Gasteiger partial charge in [0.15, 0.2) is 5.96 Å². The summed E-state index contributed by atoms with van der Waals surface area (Å²) in [7, 11) is 1.93. The molecule has 3 rings (SSSR count). The maximum absolute atomic E-state index is 6.16. The van der Waals surface area contributed by atoms with Crippen molar-refractivity contribution in [1.82, 2.24) is 14.7 Å². The van der Waals surface area contributed by atoms with E-state index >= 15 is 0 Å². The molecule has 0 unspecified atom stereocenters. The van der Waals surface area contributed by atoms with Crippen LogP contribution in [0.4, 0.5) is 0 Å². The summed E-state index contributed by atoms with van der Waals surface area (Å²) < 4.78 is 1.81. The number of aliphatic imine (C=N–C) groups is 1. The third-order valence-corrected chi connectivity index (χ3v) is 4.50. The molecule has 1 fully saturated rings. The van der Waals surface area contributed by atoms with Gasteiger partial charge in [0.1, 0.15) is 0 Å². The zero-order valence-electron chi connectivity index (χ0n) is 13.9. The Labute approximate surface area is 137 Å². The molecule has 2 heterocycles. The van der Waals surface area contributed by atoms with Gasteiger partial charge in [-0.25, -0.2) is 4.99 Å². The van der Waals surface area contributed by atoms with Crippen molar-refractivity contribution in [3.63, 3.8) is 0 Å². The van der Waals surface area contributed by atoms with Crippen molar-refractivity contribution in [3.05, 3.63) is 42.2 Å². The van der Waals surface area contributed by atoms with Gasteiger partial charge in [-0.15, -0.1) is 0 Å². The maximum atomic E-state index is 6.16. The minimum absolute atomic E-state index is 0.617. The van der Waals surface area contributed by atoms with Crippen LogP contribution in [0, 0.1) is 5.92 Å². The highest BCUT2D eigenvalue weighted by atomic mass is 15.3. The number of aryl methyl sites for hydroxylation is 1. The molecule has 1 aromatic heterocycles. The van der Waals surface area contributed by atoms with E-state index in [9.17, 15) is 0 Å². The van der Waals surface area contributed by atoms with Gasteiger partial charge in [0.25, 0.3) is 0 Å². The first-order chi connectivity index (χ1) is 11.1. The van der Waals surface area contributed by atoms with Gasteiger partial charge < -0.3 is 10.6 Å². The zero-order chi connectivity index (χ0) is 16.2. The van der Waals surface area contributed by atoms with Gasteiger partial charge in [0.2, 0.25) is 0 Å². The molecule has 1 aliphatic heterocycles. The van der Waals surface area contributed by atoms with Gasteiger partial charge in [-0.2, -0.15) is 5.10 Å². The van der Waals surface area contributed by atoms with E-state index in [-0.39, 0.29) is 0 Å². The van der Waals surface area contributed by atoms with E-state index in [0.717, 1.165) is 30.1 Å². The Morgan fingerprint density at radius 2 is 2.09 bits per heavy atom. The fourth-order valence-electron chi connectivity index (χ4n) is 2.93. The number of nitrogens with two attached hydrogens (primary N) is 1. The highest BCUT2D eigenvalue weighted by Crippen LogP contribution is 2.20. The van der Waals surface area contributed by atoms with Gasteiger partial charge in [-0.3, -0.25) is 4.68 Å². The normalized spacial score (nSPS) is 16.8. The molecule has 5 nitrogen and oxygen atoms in total. The van der Waals surface area contributed by atoms with Crippen LogP contribution in [-0.4, -0.2) is 33.7 Å². The number of rotatable bonds is 3. The summed E-state index contributed by atoms with van der Waals surface area (Å²) in [5.41, 5.74) is 9.61. The number of piperidine rings is 1. The van der Waals surface area contributed by atoms with Crippen LogP contribution in [0.25, 0.3) is 11.1 Å². The van der Waals surface area contributed by atoms with Crippen LogP contribution in [0.3, 0.4) is 0 Å². The average molecular weight is 311 g/mol. The van der Waals surface area contributed by atoms with E-state index in [1.807, 2.05) is 24.1 Å². The lowest BCUT2D eigenvalue weighted by atomic mass is 10.00. The van der Waals surface area contributed by atoms with E-state index < -0.39 is 0 Å². The fourth-order valence-corrected chi connectivity index (χ4v) is 2.93. The van der Waals surface area contributed by atoms with Crippen LogP contribution in [-0.2, 0) is 13.6 Å². The second-order valence-corrected chi connectivity index (χ2v) is 6.45. The van der Waals surface area contributed by atoms with E-state index in [1.54, 1.807) is 0 Å². The quantitative estimate of drug-likeness (QED) is 0.700. The fraction of sp³-hybridized carbons (Fsp3) is 0.444. The molecule has 2 aromatic rings. The molecule has 1 aromatic carbocycles. The monoisotopic (exact) mass is 311 g/mol. The van der Waals surface area contributed by atoms with Crippen molar-refractivity contribution in [2.75, 3.05) is 13.1 Å². The Kier molecular flexibility index (Phi) is 4.65. The van der Waals surface area contributed by atoms with Crippen LogP contribution in [0.15, 0.2) is 41.7 Å². The first kappa shape index (κ1) is 15.6. The summed E-state index contributed by atoms with van der Waals surface area (Å²) in [6.45, 7) is 4.96. The molecular weight excluding hydrogens is 286 g/mol. The van der Waals surface area contributed by atoms with Crippen molar-refractivity contribution in [1.29, 1.82) is 0 Å². The predicted molar refractivity (Wildman–Crippen MR) is 93.9 cm³/mol. The Hall–Kier alpha value is -2.30. The molecule has 2 N–H and O–H groups in total. The molecule has 0 atom stereocenters. The molecule has 0 aliphatic carbocycles. The lowest BCUT2D eigenvalue weighted by Crippen LogP contribution is -2.42. The minimum Gasteiger partial charge on any atom is -0.370 e. The van der Waals surface area contributed by atoms with Crippen LogP contribution in [0.1, 0.15) is 25.3 Å². The molecule has 1 aliphatic rings. The van der Waals surface area contributed by atoms with E-state index in [1.165, 1.54) is 18.4 Å². The summed E-state index contributed by atoms with van der Waals surface area (Å²) >= 11 is 0. The molecule has 0 spiro atoms. The van der Waals surface area contributed by atoms with Crippen molar-refractivity contribution >= 4 is 5.96 Å². The molecule has 122 valence electrons. The van der Waals surface area contributed by atoms with Crippen molar-refractivity contribution < 1.29 is 0 Å². The molecule has 5 heteroatoms. The maximum Gasteiger partial charge on any atom is 0.191 e. The number of hydrogen-bond donors (Lipinski definition) is 1. The lowest BCUT2D eigenvalue weighted by molar-refractivity contribution is 0.277. The molecule has 1 saturated heterocycles. The number of guanidine groups is 1. The van der Waals surface area contributed by atoms with Crippen molar-refractivity contribution in [2.45, 2.75) is 26.3 Å². The van der Waals surface area contributed by atoms with Crippen LogP contribution < -0.4 is 5.73 Å². The molecular formula is C18H25N5. The highest BCUT2D eigenvalue weighted by molar-refractivity contribution is 5.78. The lowest BCUT2D eigenvalue weighted by Gasteiger charge is -2.31. The minimum atomic E-state index is 0.617. The number of benzene rings is 1. The standard InChI is InChI=1S/C18H25N5/c1-14-6-8-23(9-7-14)18(19)20-11-15-4-3-5-16(10-15)17-12-21-22(2)13-17/h3-5,10,12-14H,6-9,11H2,1-2H3,(H2,19,20). The molecule has 0 radical (unpaired) electrons. The Bertz CT molecular complexity index is 680. The molecule has 0 amide bonds. The summed E-state index contributed by atoms with van der Waals surface area (Å²) in [4.78, 5) is 6.78. The van der Waals surface area contributed by atoms with Gasteiger partial charge >= 0.3 is 0 Å². The van der Waals surface area contributed by atoms with Crippen LogP contribution >= 0.6 is 0 Å². The highest BCUT2D eigenvalue weighted by Gasteiger charge is 2.16. The molecule has 0 saturated carbocycles. The first-order valence-corrected chi connectivity index (χ1v) is 8.24. The third kappa shape index (κ3) is 3.92. The van der Waals surface area contributed by atoms with Gasteiger partial charge in [-0.1, -0.05) is 25.1 Å². The van der Waals surface area contributed by atoms with Gasteiger partial charge in [-0.05, 0) is 36.0 Å². The summed E-state index contributed by atoms with van der Waals surface area (Å²) in [6.07, 6.45) is 6.30. The number of likely N-dealkylation sites (tertiary alicyclic amines) is 1. The topological polar surface area (TPSA) is 59.4 Å².